The van der Waals surface area contributed by atoms with E-state index in [9.17, 15) is 4.79 Å². The molecule has 0 spiro atoms. The first kappa shape index (κ1) is 12.8. The average molecular weight is 233 g/mol. The first-order chi connectivity index (χ1) is 7.06. The number of rotatable bonds is 3. The van der Waals surface area contributed by atoms with Crippen molar-refractivity contribution in [2.75, 3.05) is 26.2 Å². The molecule has 0 saturated carbocycles. The number of nitrogens with zero attached hydrogens (tertiary/aromatic N) is 2. The number of carbonyl (C=O) groups excluding carboxylic acids is 1. The van der Waals surface area contributed by atoms with E-state index in [0.717, 1.165) is 26.2 Å². The highest BCUT2D eigenvalue weighted by molar-refractivity contribution is 6.30. The van der Waals surface area contributed by atoms with Gasteiger partial charge in [0, 0.05) is 32.2 Å². The molecule has 0 aromatic heterocycles. The maximum Gasteiger partial charge on any atom is 0.240 e. The van der Waals surface area contributed by atoms with Gasteiger partial charge in [-0.15, -0.1) is 11.6 Å². The minimum atomic E-state index is -0.337. The summed E-state index contributed by atoms with van der Waals surface area (Å²) in [7, 11) is 0. The molecular weight excluding hydrogens is 212 g/mol. The summed E-state index contributed by atoms with van der Waals surface area (Å²) >= 11 is 5.94. The van der Waals surface area contributed by atoms with Gasteiger partial charge in [0.1, 0.15) is 5.38 Å². The van der Waals surface area contributed by atoms with Crippen LogP contribution in [0.15, 0.2) is 0 Å². The van der Waals surface area contributed by atoms with Crippen LogP contribution >= 0.6 is 11.6 Å². The van der Waals surface area contributed by atoms with Crippen molar-refractivity contribution in [3.05, 3.63) is 0 Å². The summed E-state index contributed by atoms with van der Waals surface area (Å²) in [4.78, 5) is 16.1. The number of amides is 1. The number of piperazine rings is 1. The SMILES string of the molecule is CCC(Cl)C(=O)N1CCN(C(C)C)CC1. The van der Waals surface area contributed by atoms with Crippen LogP contribution in [0.1, 0.15) is 27.2 Å². The predicted octanol–water partition coefficient (Wildman–Crippen LogP) is 1.56. The second kappa shape index (κ2) is 5.71. The Morgan fingerprint density at radius 1 is 1.27 bits per heavy atom. The van der Waals surface area contributed by atoms with Crippen molar-refractivity contribution in [2.24, 2.45) is 0 Å². The van der Waals surface area contributed by atoms with Crippen molar-refractivity contribution >= 4 is 17.5 Å². The van der Waals surface area contributed by atoms with Gasteiger partial charge < -0.3 is 4.90 Å². The van der Waals surface area contributed by atoms with Crippen molar-refractivity contribution < 1.29 is 4.79 Å². The third-order valence-electron chi connectivity index (χ3n) is 2.98. The van der Waals surface area contributed by atoms with Crippen molar-refractivity contribution in [3.63, 3.8) is 0 Å². The molecule has 1 amide bonds. The van der Waals surface area contributed by atoms with E-state index in [1.807, 2.05) is 11.8 Å². The zero-order chi connectivity index (χ0) is 11.4. The molecular formula is C11H21ClN2O. The highest BCUT2D eigenvalue weighted by atomic mass is 35.5. The predicted molar refractivity (Wildman–Crippen MR) is 63.2 cm³/mol. The standard InChI is InChI=1S/C11H21ClN2O/c1-4-10(12)11(15)14-7-5-13(6-8-14)9(2)3/h9-10H,4-8H2,1-3H3. The molecule has 1 fully saturated rings. The first-order valence-electron chi connectivity index (χ1n) is 5.73. The Balaban J connectivity index is 2.40. The zero-order valence-corrected chi connectivity index (χ0v) is 10.6. The summed E-state index contributed by atoms with van der Waals surface area (Å²) in [6.45, 7) is 9.90. The fourth-order valence-electron chi connectivity index (χ4n) is 1.83. The molecule has 0 aromatic carbocycles. The maximum absolute atomic E-state index is 11.8. The third-order valence-corrected chi connectivity index (χ3v) is 3.48. The summed E-state index contributed by atoms with van der Waals surface area (Å²) in [6.07, 6.45) is 0.713. The van der Waals surface area contributed by atoms with Crippen LogP contribution in [0.4, 0.5) is 0 Å². The largest absolute Gasteiger partial charge is 0.339 e. The molecule has 1 rings (SSSR count). The van der Waals surface area contributed by atoms with Gasteiger partial charge in [-0.05, 0) is 20.3 Å². The molecule has 0 aromatic rings. The van der Waals surface area contributed by atoms with Gasteiger partial charge in [0.25, 0.3) is 0 Å². The van der Waals surface area contributed by atoms with E-state index < -0.39 is 0 Å². The van der Waals surface area contributed by atoms with Gasteiger partial charge in [0.05, 0.1) is 0 Å². The van der Waals surface area contributed by atoms with Crippen LogP contribution in [0.25, 0.3) is 0 Å². The monoisotopic (exact) mass is 232 g/mol. The summed E-state index contributed by atoms with van der Waals surface area (Å²) in [5, 5.41) is -0.337. The number of carbonyl (C=O) groups is 1. The lowest BCUT2D eigenvalue weighted by atomic mass is 10.2. The van der Waals surface area contributed by atoms with Crippen LogP contribution in [0.5, 0.6) is 0 Å². The van der Waals surface area contributed by atoms with Crippen molar-refractivity contribution in [1.82, 2.24) is 9.80 Å². The summed E-state index contributed by atoms with van der Waals surface area (Å²) in [5.74, 6) is 0.0996. The van der Waals surface area contributed by atoms with Gasteiger partial charge in [0.2, 0.25) is 5.91 Å². The van der Waals surface area contributed by atoms with Gasteiger partial charge in [-0.3, -0.25) is 9.69 Å². The second-order valence-corrected chi connectivity index (χ2v) is 4.86. The summed E-state index contributed by atoms with van der Waals surface area (Å²) < 4.78 is 0. The Bertz CT molecular complexity index is 213. The van der Waals surface area contributed by atoms with Crippen LogP contribution in [0.2, 0.25) is 0 Å². The fraction of sp³-hybridized carbons (Fsp3) is 0.909. The van der Waals surface area contributed by atoms with E-state index in [-0.39, 0.29) is 11.3 Å². The van der Waals surface area contributed by atoms with Crippen molar-refractivity contribution in [1.29, 1.82) is 0 Å². The quantitative estimate of drug-likeness (QED) is 0.690. The van der Waals surface area contributed by atoms with E-state index in [1.54, 1.807) is 0 Å². The number of hydrogen-bond donors (Lipinski definition) is 0. The Labute approximate surface area is 97.4 Å². The van der Waals surface area contributed by atoms with Gasteiger partial charge in [-0.1, -0.05) is 6.92 Å². The highest BCUT2D eigenvalue weighted by Crippen LogP contribution is 2.11. The van der Waals surface area contributed by atoms with Crippen LogP contribution < -0.4 is 0 Å². The molecule has 1 unspecified atom stereocenters. The molecule has 1 saturated heterocycles. The lowest BCUT2D eigenvalue weighted by Crippen LogP contribution is -2.52. The Kier molecular flexibility index (Phi) is 4.87. The molecule has 1 atom stereocenters. The molecule has 3 nitrogen and oxygen atoms in total. The van der Waals surface area contributed by atoms with E-state index in [0.29, 0.717) is 12.5 Å². The van der Waals surface area contributed by atoms with Crippen LogP contribution in [0, 0.1) is 0 Å². The van der Waals surface area contributed by atoms with Gasteiger partial charge in [-0.25, -0.2) is 0 Å². The van der Waals surface area contributed by atoms with Crippen LogP contribution in [0.3, 0.4) is 0 Å². The minimum Gasteiger partial charge on any atom is -0.339 e. The highest BCUT2D eigenvalue weighted by Gasteiger charge is 2.25. The molecule has 15 heavy (non-hydrogen) atoms. The topological polar surface area (TPSA) is 23.6 Å². The molecule has 1 heterocycles. The molecule has 4 heteroatoms. The van der Waals surface area contributed by atoms with Gasteiger partial charge in [0.15, 0.2) is 0 Å². The van der Waals surface area contributed by atoms with Crippen molar-refractivity contribution in [3.8, 4) is 0 Å². The normalized spacial score (nSPS) is 20.7. The van der Waals surface area contributed by atoms with Crippen molar-refractivity contribution in [2.45, 2.75) is 38.6 Å². The fourth-order valence-corrected chi connectivity index (χ4v) is 1.97. The Morgan fingerprint density at radius 3 is 2.20 bits per heavy atom. The van der Waals surface area contributed by atoms with E-state index in [4.69, 9.17) is 11.6 Å². The molecule has 1 aliphatic heterocycles. The van der Waals surface area contributed by atoms with Crippen LogP contribution in [-0.4, -0.2) is 53.3 Å². The maximum atomic E-state index is 11.8. The number of hydrogen-bond acceptors (Lipinski definition) is 2. The Morgan fingerprint density at radius 2 is 1.80 bits per heavy atom. The number of halogens is 1. The smallest absolute Gasteiger partial charge is 0.240 e. The van der Waals surface area contributed by atoms with E-state index in [2.05, 4.69) is 18.7 Å². The zero-order valence-electron chi connectivity index (χ0n) is 9.87. The minimum absolute atomic E-state index is 0.0996. The van der Waals surface area contributed by atoms with Gasteiger partial charge >= 0.3 is 0 Å². The summed E-state index contributed by atoms with van der Waals surface area (Å²) in [5.41, 5.74) is 0. The molecule has 1 aliphatic rings. The first-order valence-corrected chi connectivity index (χ1v) is 6.16. The molecule has 0 bridgehead atoms. The van der Waals surface area contributed by atoms with E-state index >= 15 is 0 Å². The average Bonchev–Trinajstić information content (AvgIpc) is 2.27. The molecule has 88 valence electrons. The lowest BCUT2D eigenvalue weighted by molar-refractivity contribution is -0.132. The van der Waals surface area contributed by atoms with Crippen LogP contribution in [-0.2, 0) is 4.79 Å². The molecule has 0 N–H and O–H groups in total. The number of alkyl halides is 1. The third kappa shape index (κ3) is 3.35. The van der Waals surface area contributed by atoms with E-state index in [1.165, 1.54) is 0 Å². The van der Waals surface area contributed by atoms with Gasteiger partial charge in [-0.2, -0.15) is 0 Å². The summed E-state index contributed by atoms with van der Waals surface area (Å²) in [6, 6.07) is 0.570. The Hall–Kier alpha value is -0.280. The molecule has 0 radical (unpaired) electrons. The second-order valence-electron chi connectivity index (χ2n) is 4.33. The lowest BCUT2D eigenvalue weighted by Gasteiger charge is -2.37. The molecule has 0 aliphatic carbocycles.